The van der Waals surface area contributed by atoms with Crippen LogP contribution in [0.3, 0.4) is 0 Å². The Morgan fingerprint density at radius 1 is 0.905 bits per heavy atom. The summed E-state index contributed by atoms with van der Waals surface area (Å²) in [5.41, 5.74) is 13.3. The molecule has 0 spiro atoms. The number of nitrogen functional groups attached to an aromatic ring is 1. The van der Waals surface area contributed by atoms with Gasteiger partial charge in [0.2, 0.25) is 0 Å². The SMILES string of the molecule is Cc1ccc(-c2ccc(-c3csc(N)n3)c(C)n2)cc1C. The van der Waals surface area contributed by atoms with Crippen molar-refractivity contribution in [3.8, 4) is 22.5 Å². The maximum absolute atomic E-state index is 5.70. The van der Waals surface area contributed by atoms with E-state index in [4.69, 9.17) is 10.7 Å². The summed E-state index contributed by atoms with van der Waals surface area (Å²) in [6.45, 7) is 6.25. The van der Waals surface area contributed by atoms with Crippen LogP contribution >= 0.6 is 11.3 Å². The highest BCUT2D eigenvalue weighted by Gasteiger charge is 2.09. The van der Waals surface area contributed by atoms with E-state index in [2.05, 4.69) is 43.1 Å². The predicted octanol–water partition coefficient (Wildman–Crippen LogP) is 4.38. The molecular formula is C17H17N3S. The van der Waals surface area contributed by atoms with Crippen LogP contribution < -0.4 is 5.73 Å². The minimum absolute atomic E-state index is 0.586. The summed E-state index contributed by atoms with van der Waals surface area (Å²) in [5, 5.41) is 2.55. The summed E-state index contributed by atoms with van der Waals surface area (Å²) in [4.78, 5) is 9.05. The maximum atomic E-state index is 5.70. The number of thiazole rings is 1. The zero-order valence-electron chi connectivity index (χ0n) is 12.3. The fourth-order valence-electron chi connectivity index (χ4n) is 2.30. The van der Waals surface area contributed by atoms with Gasteiger partial charge in [0.05, 0.1) is 11.4 Å². The van der Waals surface area contributed by atoms with Crippen LogP contribution in [-0.2, 0) is 0 Å². The standard InChI is InChI=1S/C17H17N3S/c1-10-4-5-13(8-11(10)2)15-7-6-14(12(3)19-15)16-9-21-17(18)20-16/h4-9H,1-3H3,(H2,18,20). The number of aryl methyl sites for hydroxylation is 3. The highest BCUT2D eigenvalue weighted by Crippen LogP contribution is 2.28. The van der Waals surface area contributed by atoms with Gasteiger partial charge in [-0.3, -0.25) is 4.98 Å². The number of hydrogen-bond donors (Lipinski definition) is 1. The van der Waals surface area contributed by atoms with Crippen molar-refractivity contribution in [2.45, 2.75) is 20.8 Å². The Hall–Kier alpha value is -2.20. The van der Waals surface area contributed by atoms with Crippen molar-refractivity contribution in [2.24, 2.45) is 0 Å². The molecule has 0 aliphatic heterocycles. The molecule has 0 fully saturated rings. The Kier molecular flexibility index (Phi) is 3.47. The van der Waals surface area contributed by atoms with Crippen LogP contribution in [0.25, 0.3) is 22.5 Å². The molecule has 0 unspecified atom stereocenters. The van der Waals surface area contributed by atoms with Crippen LogP contribution in [0.2, 0.25) is 0 Å². The molecule has 2 aromatic heterocycles. The smallest absolute Gasteiger partial charge is 0.180 e. The molecule has 4 heteroatoms. The number of nitrogens with two attached hydrogens (primary N) is 1. The molecular weight excluding hydrogens is 278 g/mol. The first-order valence-electron chi connectivity index (χ1n) is 6.81. The largest absolute Gasteiger partial charge is 0.375 e. The van der Waals surface area contributed by atoms with Crippen molar-refractivity contribution in [3.63, 3.8) is 0 Å². The van der Waals surface area contributed by atoms with Crippen molar-refractivity contribution in [2.75, 3.05) is 5.73 Å². The third-order valence-corrected chi connectivity index (χ3v) is 4.36. The van der Waals surface area contributed by atoms with Gasteiger partial charge in [0, 0.05) is 22.2 Å². The van der Waals surface area contributed by atoms with E-state index in [0.717, 1.165) is 28.2 Å². The highest BCUT2D eigenvalue weighted by atomic mass is 32.1. The van der Waals surface area contributed by atoms with Crippen LogP contribution in [-0.4, -0.2) is 9.97 Å². The quantitative estimate of drug-likeness (QED) is 0.763. The molecule has 0 aliphatic rings. The lowest BCUT2D eigenvalue weighted by atomic mass is 10.0. The summed E-state index contributed by atoms with van der Waals surface area (Å²) in [7, 11) is 0. The fraction of sp³-hybridized carbons (Fsp3) is 0.176. The third-order valence-electron chi connectivity index (χ3n) is 3.69. The Morgan fingerprint density at radius 3 is 2.33 bits per heavy atom. The van der Waals surface area contributed by atoms with Crippen molar-refractivity contribution >= 4 is 16.5 Å². The van der Waals surface area contributed by atoms with E-state index in [1.807, 2.05) is 18.4 Å². The molecule has 3 nitrogen and oxygen atoms in total. The Bertz CT molecular complexity index is 806. The highest BCUT2D eigenvalue weighted by molar-refractivity contribution is 7.13. The summed E-state index contributed by atoms with van der Waals surface area (Å²) >= 11 is 1.45. The first-order chi connectivity index (χ1) is 10.0. The average Bonchev–Trinajstić information content (AvgIpc) is 2.88. The lowest BCUT2D eigenvalue weighted by molar-refractivity contribution is 1.19. The molecule has 3 rings (SSSR count). The first-order valence-corrected chi connectivity index (χ1v) is 7.69. The van der Waals surface area contributed by atoms with Crippen molar-refractivity contribution in [1.82, 2.24) is 9.97 Å². The van der Waals surface area contributed by atoms with E-state index in [1.165, 1.54) is 22.5 Å². The van der Waals surface area contributed by atoms with Gasteiger partial charge in [-0.2, -0.15) is 0 Å². The maximum Gasteiger partial charge on any atom is 0.180 e. The fourth-order valence-corrected chi connectivity index (χ4v) is 2.87. The van der Waals surface area contributed by atoms with Gasteiger partial charge in [-0.25, -0.2) is 4.98 Å². The number of aromatic nitrogens is 2. The molecule has 2 heterocycles. The second kappa shape index (κ2) is 5.30. The first kappa shape index (κ1) is 13.8. The van der Waals surface area contributed by atoms with Gasteiger partial charge < -0.3 is 5.73 Å². The minimum Gasteiger partial charge on any atom is -0.375 e. The van der Waals surface area contributed by atoms with Crippen LogP contribution in [0.15, 0.2) is 35.7 Å². The number of anilines is 1. The molecule has 0 atom stereocenters. The van der Waals surface area contributed by atoms with E-state index < -0.39 is 0 Å². The lowest BCUT2D eigenvalue weighted by Gasteiger charge is -2.08. The predicted molar refractivity (Wildman–Crippen MR) is 89.4 cm³/mol. The van der Waals surface area contributed by atoms with Gasteiger partial charge in [0.25, 0.3) is 0 Å². The molecule has 106 valence electrons. The molecule has 0 amide bonds. The van der Waals surface area contributed by atoms with Crippen molar-refractivity contribution in [1.29, 1.82) is 0 Å². The lowest BCUT2D eigenvalue weighted by Crippen LogP contribution is -1.93. The van der Waals surface area contributed by atoms with E-state index in [0.29, 0.717) is 5.13 Å². The van der Waals surface area contributed by atoms with Crippen LogP contribution in [0.1, 0.15) is 16.8 Å². The average molecular weight is 295 g/mol. The second-order valence-electron chi connectivity index (χ2n) is 5.20. The van der Waals surface area contributed by atoms with Crippen LogP contribution in [0.4, 0.5) is 5.13 Å². The van der Waals surface area contributed by atoms with Gasteiger partial charge in [-0.15, -0.1) is 11.3 Å². The van der Waals surface area contributed by atoms with Gasteiger partial charge in [-0.05, 0) is 50.1 Å². The van der Waals surface area contributed by atoms with E-state index in [1.54, 1.807) is 0 Å². The van der Waals surface area contributed by atoms with Crippen molar-refractivity contribution < 1.29 is 0 Å². The zero-order valence-corrected chi connectivity index (χ0v) is 13.2. The number of hydrogen-bond acceptors (Lipinski definition) is 4. The molecule has 0 saturated carbocycles. The Balaban J connectivity index is 2.03. The molecule has 3 aromatic rings. The summed E-state index contributed by atoms with van der Waals surface area (Å²) in [6.07, 6.45) is 0. The monoisotopic (exact) mass is 295 g/mol. The molecule has 0 saturated heterocycles. The molecule has 2 N–H and O–H groups in total. The zero-order chi connectivity index (χ0) is 15.0. The normalized spacial score (nSPS) is 10.8. The molecule has 0 aliphatic carbocycles. The Labute approximate surface area is 128 Å². The summed E-state index contributed by atoms with van der Waals surface area (Å²) in [6, 6.07) is 10.5. The van der Waals surface area contributed by atoms with Crippen LogP contribution in [0.5, 0.6) is 0 Å². The van der Waals surface area contributed by atoms with Gasteiger partial charge in [-0.1, -0.05) is 12.1 Å². The van der Waals surface area contributed by atoms with E-state index >= 15 is 0 Å². The van der Waals surface area contributed by atoms with E-state index in [-0.39, 0.29) is 0 Å². The molecule has 21 heavy (non-hydrogen) atoms. The number of pyridine rings is 1. The summed E-state index contributed by atoms with van der Waals surface area (Å²) in [5.74, 6) is 0. The van der Waals surface area contributed by atoms with Gasteiger partial charge >= 0.3 is 0 Å². The van der Waals surface area contributed by atoms with Crippen LogP contribution in [0, 0.1) is 20.8 Å². The van der Waals surface area contributed by atoms with Gasteiger partial charge in [0.15, 0.2) is 5.13 Å². The molecule has 0 radical (unpaired) electrons. The Morgan fingerprint density at radius 2 is 1.71 bits per heavy atom. The third kappa shape index (κ3) is 2.67. The molecule has 1 aromatic carbocycles. The summed E-state index contributed by atoms with van der Waals surface area (Å²) < 4.78 is 0. The van der Waals surface area contributed by atoms with Crippen molar-refractivity contribution in [3.05, 3.63) is 52.5 Å². The molecule has 0 bridgehead atoms. The minimum atomic E-state index is 0.586. The van der Waals surface area contributed by atoms with E-state index in [9.17, 15) is 0 Å². The number of nitrogens with zero attached hydrogens (tertiary/aromatic N) is 2. The van der Waals surface area contributed by atoms with Gasteiger partial charge in [0.1, 0.15) is 0 Å². The second-order valence-corrected chi connectivity index (χ2v) is 6.09. The number of rotatable bonds is 2. The number of benzene rings is 1. The topological polar surface area (TPSA) is 51.8 Å².